The molecule has 0 bridgehead atoms. The summed E-state index contributed by atoms with van der Waals surface area (Å²) >= 11 is 0. The second kappa shape index (κ2) is 7.02. The van der Waals surface area contributed by atoms with Crippen molar-refractivity contribution in [3.8, 4) is 0 Å². The van der Waals surface area contributed by atoms with Crippen molar-refractivity contribution in [2.24, 2.45) is 11.8 Å². The Morgan fingerprint density at radius 1 is 1.40 bits per heavy atom. The van der Waals surface area contributed by atoms with Crippen molar-refractivity contribution in [1.82, 2.24) is 10.3 Å². The average molecular weight is 279 g/mol. The van der Waals surface area contributed by atoms with Crippen LogP contribution in [-0.2, 0) is 6.54 Å². The minimum Gasteiger partial charge on any atom is -0.356 e. The Bertz CT molecular complexity index is 426. The van der Waals surface area contributed by atoms with Gasteiger partial charge in [0.1, 0.15) is 11.6 Å². The van der Waals surface area contributed by atoms with Crippen LogP contribution >= 0.6 is 0 Å². The second-order valence-electron chi connectivity index (χ2n) is 6.33. The van der Waals surface area contributed by atoms with Crippen molar-refractivity contribution in [3.05, 3.63) is 23.6 Å². The van der Waals surface area contributed by atoms with Crippen LogP contribution in [0.1, 0.15) is 39.2 Å². The lowest BCUT2D eigenvalue weighted by molar-refractivity contribution is 0.435. The molecule has 20 heavy (non-hydrogen) atoms. The number of aromatic nitrogens is 1. The van der Waals surface area contributed by atoms with Gasteiger partial charge < -0.3 is 10.2 Å². The van der Waals surface area contributed by atoms with Crippen molar-refractivity contribution in [2.75, 3.05) is 24.5 Å². The SMILES string of the molecule is CC(C)CNCc1cc(F)cnc1N1CCC(C)CC1. The maximum Gasteiger partial charge on any atom is 0.141 e. The number of piperidine rings is 1. The summed E-state index contributed by atoms with van der Waals surface area (Å²) in [5.74, 6) is 2.08. The molecule has 112 valence electrons. The van der Waals surface area contributed by atoms with E-state index in [9.17, 15) is 4.39 Å². The van der Waals surface area contributed by atoms with Crippen molar-refractivity contribution in [3.63, 3.8) is 0 Å². The Morgan fingerprint density at radius 3 is 2.75 bits per heavy atom. The van der Waals surface area contributed by atoms with Crippen LogP contribution in [0.15, 0.2) is 12.3 Å². The maximum absolute atomic E-state index is 13.5. The van der Waals surface area contributed by atoms with Crippen LogP contribution in [0.3, 0.4) is 0 Å². The van der Waals surface area contributed by atoms with Gasteiger partial charge in [0, 0.05) is 25.2 Å². The van der Waals surface area contributed by atoms with Crippen molar-refractivity contribution in [2.45, 2.75) is 40.2 Å². The van der Waals surface area contributed by atoms with Crippen LogP contribution in [-0.4, -0.2) is 24.6 Å². The molecule has 0 spiro atoms. The van der Waals surface area contributed by atoms with Gasteiger partial charge in [0.15, 0.2) is 0 Å². The molecule has 1 aromatic heterocycles. The van der Waals surface area contributed by atoms with Gasteiger partial charge in [-0.15, -0.1) is 0 Å². The predicted molar refractivity (Wildman–Crippen MR) is 81.4 cm³/mol. The highest BCUT2D eigenvalue weighted by Crippen LogP contribution is 2.24. The topological polar surface area (TPSA) is 28.2 Å². The largest absolute Gasteiger partial charge is 0.356 e. The first-order valence-electron chi connectivity index (χ1n) is 7.66. The third-order valence-electron chi connectivity index (χ3n) is 3.86. The molecule has 0 aliphatic carbocycles. The zero-order valence-electron chi connectivity index (χ0n) is 12.8. The Labute approximate surface area is 121 Å². The highest BCUT2D eigenvalue weighted by Gasteiger charge is 2.19. The van der Waals surface area contributed by atoms with Gasteiger partial charge in [-0.25, -0.2) is 9.37 Å². The van der Waals surface area contributed by atoms with Gasteiger partial charge in [-0.05, 0) is 37.3 Å². The molecule has 1 N–H and O–H groups in total. The average Bonchev–Trinajstić information content (AvgIpc) is 2.40. The molecule has 1 aromatic rings. The number of halogens is 1. The Morgan fingerprint density at radius 2 is 2.10 bits per heavy atom. The molecule has 1 aliphatic rings. The monoisotopic (exact) mass is 279 g/mol. The third kappa shape index (κ3) is 4.17. The zero-order chi connectivity index (χ0) is 14.5. The van der Waals surface area contributed by atoms with E-state index in [-0.39, 0.29) is 5.82 Å². The van der Waals surface area contributed by atoms with E-state index in [1.54, 1.807) is 6.07 Å². The molecule has 3 nitrogen and oxygen atoms in total. The number of pyridine rings is 1. The minimum atomic E-state index is -0.250. The van der Waals surface area contributed by atoms with Gasteiger partial charge in [0.2, 0.25) is 0 Å². The van der Waals surface area contributed by atoms with E-state index >= 15 is 0 Å². The summed E-state index contributed by atoms with van der Waals surface area (Å²) in [6.45, 7) is 10.3. The summed E-state index contributed by atoms with van der Waals surface area (Å²) in [5.41, 5.74) is 0.972. The fourth-order valence-corrected chi connectivity index (χ4v) is 2.60. The van der Waals surface area contributed by atoms with Gasteiger partial charge in [0.05, 0.1) is 6.20 Å². The van der Waals surface area contributed by atoms with Gasteiger partial charge in [0.25, 0.3) is 0 Å². The summed E-state index contributed by atoms with van der Waals surface area (Å²) in [7, 11) is 0. The van der Waals surface area contributed by atoms with E-state index in [2.05, 4.69) is 36.0 Å². The van der Waals surface area contributed by atoms with E-state index in [0.29, 0.717) is 12.5 Å². The highest BCUT2D eigenvalue weighted by atomic mass is 19.1. The van der Waals surface area contributed by atoms with Gasteiger partial charge in [-0.2, -0.15) is 0 Å². The molecule has 1 fully saturated rings. The summed E-state index contributed by atoms with van der Waals surface area (Å²) in [6.07, 6.45) is 3.72. The molecular formula is C16H26FN3. The minimum absolute atomic E-state index is 0.250. The van der Waals surface area contributed by atoms with E-state index in [4.69, 9.17) is 0 Å². The first-order chi connectivity index (χ1) is 9.56. The molecule has 0 unspecified atom stereocenters. The first-order valence-corrected chi connectivity index (χ1v) is 7.66. The lowest BCUT2D eigenvalue weighted by atomic mass is 9.99. The van der Waals surface area contributed by atoms with Crippen LogP contribution in [0.5, 0.6) is 0 Å². The van der Waals surface area contributed by atoms with Crippen LogP contribution in [0.2, 0.25) is 0 Å². The smallest absolute Gasteiger partial charge is 0.141 e. The number of hydrogen-bond donors (Lipinski definition) is 1. The molecule has 2 rings (SSSR count). The molecule has 4 heteroatoms. The fraction of sp³-hybridized carbons (Fsp3) is 0.688. The van der Waals surface area contributed by atoms with Gasteiger partial charge in [-0.3, -0.25) is 0 Å². The van der Waals surface area contributed by atoms with Crippen molar-refractivity contribution >= 4 is 5.82 Å². The summed E-state index contributed by atoms with van der Waals surface area (Å²) in [5, 5.41) is 3.38. The highest BCUT2D eigenvalue weighted by molar-refractivity contribution is 5.47. The lowest BCUT2D eigenvalue weighted by Gasteiger charge is -2.32. The molecule has 0 aromatic carbocycles. The first kappa shape index (κ1) is 15.2. The fourth-order valence-electron chi connectivity index (χ4n) is 2.60. The quantitative estimate of drug-likeness (QED) is 0.897. The van der Waals surface area contributed by atoms with E-state index in [0.717, 1.165) is 36.9 Å². The predicted octanol–water partition coefficient (Wildman–Crippen LogP) is 3.20. The molecule has 0 atom stereocenters. The maximum atomic E-state index is 13.5. The number of nitrogens with one attached hydrogen (secondary N) is 1. The van der Waals surface area contributed by atoms with Gasteiger partial charge >= 0.3 is 0 Å². The molecule has 0 saturated carbocycles. The second-order valence-corrected chi connectivity index (χ2v) is 6.33. The Balaban J connectivity index is 2.07. The number of rotatable bonds is 5. The van der Waals surface area contributed by atoms with E-state index in [1.165, 1.54) is 19.0 Å². The van der Waals surface area contributed by atoms with Crippen LogP contribution in [0.25, 0.3) is 0 Å². The van der Waals surface area contributed by atoms with Crippen LogP contribution < -0.4 is 10.2 Å². The van der Waals surface area contributed by atoms with Gasteiger partial charge in [-0.1, -0.05) is 20.8 Å². The Hall–Kier alpha value is -1.16. The van der Waals surface area contributed by atoms with E-state index in [1.807, 2.05) is 0 Å². The summed E-state index contributed by atoms with van der Waals surface area (Å²) < 4.78 is 13.5. The number of anilines is 1. The number of nitrogens with zero attached hydrogens (tertiary/aromatic N) is 2. The van der Waals surface area contributed by atoms with Crippen LogP contribution in [0, 0.1) is 17.7 Å². The molecule has 2 heterocycles. The molecule has 0 amide bonds. The normalized spacial score (nSPS) is 16.9. The summed E-state index contributed by atoms with van der Waals surface area (Å²) in [4.78, 5) is 6.63. The third-order valence-corrected chi connectivity index (χ3v) is 3.86. The standard InChI is InChI=1S/C16H26FN3/c1-12(2)9-18-10-14-8-15(17)11-19-16(14)20-6-4-13(3)5-7-20/h8,11-13,18H,4-7,9-10H2,1-3H3. The molecular weight excluding hydrogens is 253 g/mol. The zero-order valence-corrected chi connectivity index (χ0v) is 12.8. The van der Waals surface area contributed by atoms with Crippen molar-refractivity contribution < 1.29 is 4.39 Å². The Kier molecular flexibility index (Phi) is 5.35. The number of hydrogen-bond acceptors (Lipinski definition) is 3. The van der Waals surface area contributed by atoms with E-state index < -0.39 is 0 Å². The lowest BCUT2D eigenvalue weighted by Crippen LogP contribution is -2.34. The van der Waals surface area contributed by atoms with Crippen molar-refractivity contribution in [1.29, 1.82) is 0 Å². The van der Waals surface area contributed by atoms with Crippen LogP contribution in [0.4, 0.5) is 10.2 Å². The molecule has 0 radical (unpaired) electrons. The molecule has 1 saturated heterocycles. The summed E-state index contributed by atoms with van der Waals surface area (Å²) in [6, 6.07) is 1.62. The molecule has 1 aliphatic heterocycles.